The molecule has 0 bridgehead atoms. The predicted molar refractivity (Wildman–Crippen MR) is 94.0 cm³/mol. The monoisotopic (exact) mass is 434 g/mol. The van der Waals surface area contributed by atoms with Crippen LogP contribution in [0, 0.1) is 0 Å². The average Bonchev–Trinajstić information content (AvgIpc) is 2.61. The third kappa shape index (κ3) is 4.61. The van der Waals surface area contributed by atoms with Crippen molar-refractivity contribution in [3.8, 4) is 0 Å². The minimum atomic E-state index is -5.27. The first-order valence-corrected chi connectivity index (χ1v) is 16.8. The van der Waals surface area contributed by atoms with Crippen LogP contribution in [0.25, 0.3) is 0 Å². The van der Waals surface area contributed by atoms with E-state index in [0.29, 0.717) is 16.6 Å². The van der Waals surface area contributed by atoms with E-state index < -0.39 is 30.3 Å². The molecule has 0 saturated heterocycles. The van der Waals surface area contributed by atoms with Crippen molar-refractivity contribution >= 4 is 8.32 Å². The van der Waals surface area contributed by atoms with Crippen LogP contribution < -0.4 is 0 Å². The van der Waals surface area contributed by atoms with Crippen molar-refractivity contribution in [3.63, 3.8) is 0 Å². The van der Waals surface area contributed by atoms with Gasteiger partial charge in [-0.25, -0.2) is 0 Å². The van der Waals surface area contributed by atoms with Crippen LogP contribution in [-0.2, 0) is 24.5 Å². The van der Waals surface area contributed by atoms with Crippen LogP contribution >= 0.6 is 0 Å². The van der Waals surface area contributed by atoms with Crippen LogP contribution in [0.2, 0.25) is 16.6 Å². The van der Waals surface area contributed by atoms with Gasteiger partial charge in [-0.2, -0.15) is 0 Å². The fourth-order valence-corrected chi connectivity index (χ4v) is 20.2. The van der Waals surface area contributed by atoms with Gasteiger partial charge >= 0.3 is 155 Å². The summed E-state index contributed by atoms with van der Waals surface area (Å²) in [7, 11) is -2.39. The van der Waals surface area contributed by atoms with E-state index in [0.717, 1.165) is 0 Å². The van der Waals surface area contributed by atoms with Crippen molar-refractivity contribution in [2.45, 2.75) is 113 Å². The molecule has 3 rings (SSSR count). The Labute approximate surface area is 155 Å². The Morgan fingerprint density at radius 2 is 0.833 bits per heavy atom. The first-order chi connectivity index (χ1) is 11.5. The van der Waals surface area contributed by atoms with E-state index in [1.807, 2.05) is 0 Å². The second-order valence-electron chi connectivity index (χ2n) is 8.53. The summed E-state index contributed by atoms with van der Waals surface area (Å²) in [6, 6.07) is 0. The Bertz CT molecular complexity index is 337. The van der Waals surface area contributed by atoms with Gasteiger partial charge < -0.3 is 0 Å². The van der Waals surface area contributed by atoms with E-state index >= 15 is 0 Å². The molecule has 140 valence electrons. The number of hydrogen-bond acceptors (Lipinski definition) is 4. The van der Waals surface area contributed by atoms with Crippen molar-refractivity contribution in [1.82, 2.24) is 0 Å². The summed E-state index contributed by atoms with van der Waals surface area (Å²) in [4.78, 5) is 0. The quantitative estimate of drug-likeness (QED) is 0.545. The van der Waals surface area contributed by atoms with E-state index in [1.54, 1.807) is 0 Å². The van der Waals surface area contributed by atoms with Crippen LogP contribution in [0.5, 0.6) is 0 Å². The standard InChI is InChI=1S/C18H33OSi.3H2O.Zr/c19-20(16-10-4-1-5-11-16,17-12-6-2-7-13-17)18-14-8-3-9-15-18;;;;/h16-18H,1-15H2;3*1H2;/q-1;;;;+4/p-3. The molecule has 0 aromatic carbocycles. The van der Waals surface area contributed by atoms with Crippen molar-refractivity contribution in [1.29, 1.82) is 0 Å². The average molecular weight is 436 g/mol. The first-order valence-electron chi connectivity index (χ1n) is 10.4. The summed E-state index contributed by atoms with van der Waals surface area (Å²) in [6.07, 6.45) is 18.6. The molecule has 24 heavy (non-hydrogen) atoms. The number of rotatable bonds is 5. The molecule has 4 nitrogen and oxygen atoms in total. The van der Waals surface area contributed by atoms with Gasteiger partial charge in [0.25, 0.3) is 0 Å². The molecule has 0 spiro atoms. The normalized spacial score (nSPS) is 26.6. The van der Waals surface area contributed by atoms with Crippen molar-refractivity contribution in [3.05, 3.63) is 0 Å². The van der Waals surface area contributed by atoms with Crippen LogP contribution in [0.15, 0.2) is 0 Å². The molecule has 3 saturated carbocycles. The second kappa shape index (κ2) is 8.75. The van der Waals surface area contributed by atoms with Gasteiger partial charge in [0, 0.05) is 0 Å². The summed E-state index contributed by atoms with van der Waals surface area (Å²) in [5.74, 6) is 0. The Morgan fingerprint density at radius 1 is 0.542 bits per heavy atom. The summed E-state index contributed by atoms with van der Waals surface area (Å²) in [5, 5.41) is 0. The predicted octanol–water partition coefficient (Wildman–Crippen LogP) is 4.74. The van der Waals surface area contributed by atoms with E-state index in [-0.39, 0.29) is 0 Å². The fraction of sp³-hybridized carbons (Fsp3) is 1.00. The van der Waals surface area contributed by atoms with Gasteiger partial charge in [-0.15, -0.1) is 0 Å². The zero-order valence-electron chi connectivity index (χ0n) is 15.1. The topological polar surface area (TPSA) is 69.9 Å². The van der Waals surface area contributed by atoms with Crippen LogP contribution in [-0.4, -0.2) is 17.9 Å². The second-order valence-corrected chi connectivity index (χ2v) is 17.2. The van der Waals surface area contributed by atoms with Gasteiger partial charge in [0.1, 0.15) is 0 Å². The minimum absolute atomic E-state index is 0.542. The molecule has 0 aromatic rings. The Morgan fingerprint density at radius 3 is 1.08 bits per heavy atom. The molecule has 3 aliphatic carbocycles. The molecule has 0 unspecified atom stereocenters. The van der Waals surface area contributed by atoms with Crippen LogP contribution in [0.3, 0.4) is 0 Å². The number of hydrogen-bond donors (Lipinski definition) is 3. The van der Waals surface area contributed by atoms with Crippen LogP contribution in [0.1, 0.15) is 96.3 Å². The maximum atomic E-state index is 10.1. The van der Waals surface area contributed by atoms with E-state index in [2.05, 4.69) is 0 Å². The molecule has 0 radical (unpaired) electrons. The van der Waals surface area contributed by atoms with Gasteiger partial charge in [0.15, 0.2) is 0 Å². The van der Waals surface area contributed by atoms with Gasteiger partial charge in [-0.05, 0) is 0 Å². The van der Waals surface area contributed by atoms with E-state index in [4.69, 9.17) is 2.50 Å². The zero-order valence-corrected chi connectivity index (χ0v) is 18.5. The Balaban J connectivity index is 1.95. The first kappa shape index (κ1) is 19.7. The molecule has 0 amide bonds. The van der Waals surface area contributed by atoms with Gasteiger partial charge in [-0.3, -0.25) is 0 Å². The molecule has 0 atom stereocenters. The summed E-state index contributed by atoms with van der Waals surface area (Å²) in [5.41, 5.74) is 1.62. The molecular weight excluding hydrogens is 400 g/mol. The molecule has 3 aliphatic rings. The maximum absolute atomic E-state index is 10.1. The summed E-state index contributed by atoms with van der Waals surface area (Å²) >= 11 is -5.27. The SMILES string of the molecule is [OH][Zr]([OH])([OH])[O][Si](C1CCCCC1)(C1CCCCC1)C1CCCCC1. The summed E-state index contributed by atoms with van der Waals surface area (Å²) in [6.45, 7) is 0. The van der Waals surface area contributed by atoms with Gasteiger partial charge in [0.05, 0.1) is 0 Å². The van der Waals surface area contributed by atoms with Crippen LogP contribution in [0.4, 0.5) is 0 Å². The van der Waals surface area contributed by atoms with Crippen molar-refractivity contribution < 1.29 is 34.1 Å². The van der Waals surface area contributed by atoms with Gasteiger partial charge in [-0.1, -0.05) is 0 Å². The Kier molecular flexibility index (Phi) is 7.18. The third-order valence-electron chi connectivity index (χ3n) is 7.04. The molecule has 0 aromatic heterocycles. The molecule has 0 aliphatic heterocycles. The summed E-state index contributed by atoms with van der Waals surface area (Å²) < 4.78 is 36.5. The van der Waals surface area contributed by atoms with Crippen molar-refractivity contribution in [2.24, 2.45) is 0 Å². The fourth-order valence-electron chi connectivity index (χ4n) is 6.15. The molecule has 3 fully saturated rings. The third-order valence-corrected chi connectivity index (χ3v) is 17.9. The van der Waals surface area contributed by atoms with Gasteiger partial charge in [0.2, 0.25) is 0 Å². The van der Waals surface area contributed by atoms with E-state index in [1.165, 1.54) is 96.3 Å². The molecule has 0 heterocycles. The Hall–Kier alpha value is 0.940. The zero-order chi connectivity index (χ0) is 17.0. The van der Waals surface area contributed by atoms with E-state index in [9.17, 15) is 9.55 Å². The van der Waals surface area contributed by atoms with Crippen molar-refractivity contribution in [2.75, 3.05) is 0 Å². The molecular formula is C18H36O4SiZr. The molecule has 3 N–H and O–H groups in total. The molecule has 6 heteroatoms.